The number of aromatic nitrogens is 2. The van der Waals surface area contributed by atoms with Gasteiger partial charge in [-0.2, -0.15) is 0 Å². The molecular weight excluding hydrogens is 512 g/mol. The van der Waals surface area contributed by atoms with Crippen LogP contribution in [0.4, 0.5) is 11.6 Å². The smallest absolute Gasteiger partial charge is 0.280 e. The zero-order chi connectivity index (χ0) is 21.9. The molecule has 0 atom stereocenters. The van der Waals surface area contributed by atoms with E-state index in [0.717, 1.165) is 45.6 Å². The van der Waals surface area contributed by atoms with Crippen molar-refractivity contribution in [1.29, 1.82) is 0 Å². The number of halogens is 4. The molecule has 0 saturated carbocycles. The number of carbonyl (C=O) groups is 1. The largest absolute Gasteiger partial charge is 0.382 e. The lowest BCUT2D eigenvalue weighted by molar-refractivity contribution is 0.0972. The van der Waals surface area contributed by atoms with Gasteiger partial charge in [-0.15, -0.1) is 37.2 Å². The van der Waals surface area contributed by atoms with Crippen molar-refractivity contribution in [3.05, 3.63) is 10.8 Å². The molecule has 0 bridgehead atoms. The summed E-state index contributed by atoms with van der Waals surface area (Å²) in [5, 5.41) is 2.35. The summed E-state index contributed by atoms with van der Waals surface area (Å²) in [4.78, 5) is 29.0. The van der Waals surface area contributed by atoms with E-state index in [0.29, 0.717) is 6.54 Å². The number of hydrogen-bond acceptors (Lipinski definition) is 8. The van der Waals surface area contributed by atoms with Gasteiger partial charge in [0, 0.05) is 32.7 Å². The number of hydrogen-bond donors (Lipinski definition) is 4. The van der Waals surface area contributed by atoms with Gasteiger partial charge in [0.2, 0.25) is 0 Å². The highest BCUT2D eigenvalue weighted by Crippen LogP contribution is 2.17. The number of carbonyl (C=O) groups excluding carboxylic acids is 1. The second-order valence-corrected chi connectivity index (χ2v) is 7.81. The van der Waals surface area contributed by atoms with Crippen molar-refractivity contribution < 1.29 is 4.79 Å². The lowest BCUT2D eigenvalue weighted by atomic mass is 10.2. The number of nitrogens with one attached hydrogen (secondary N) is 1. The van der Waals surface area contributed by atoms with Gasteiger partial charge in [0.05, 0.1) is 0 Å². The number of piperazine rings is 1. The fourth-order valence-corrected chi connectivity index (χ4v) is 3.42. The second kappa shape index (κ2) is 18.1. The highest BCUT2D eigenvalue weighted by Gasteiger charge is 2.17. The maximum absolute atomic E-state index is 12.2. The minimum Gasteiger partial charge on any atom is -0.382 e. The first kappa shape index (κ1) is 33.9. The Balaban J connectivity index is 0. The first-order valence-corrected chi connectivity index (χ1v) is 10.9. The molecule has 0 aromatic carbocycles. The molecule has 192 valence electrons. The first-order chi connectivity index (χ1) is 14.4. The lowest BCUT2D eigenvalue weighted by Gasteiger charge is -2.34. The van der Waals surface area contributed by atoms with Crippen molar-refractivity contribution in [3.63, 3.8) is 0 Å². The normalized spacial score (nSPS) is 14.5. The number of guanidine groups is 1. The van der Waals surface area contributed by atoms with Crippen LogP contribution in [-0.4, -0.2) is 77.4 Å². The van der Waals surface area contributed by atoms with Crippen LogP contribution in [0.3, 0.4) is 0 Å². The van der Waals surface area contributed by atoms with Crippen LogP contribution in [0.2, 0.25) is 5.15 Å². The molecule has 2 rings (SSSR count). The minimum absolute atomic E-state index is 0. The van der Waals surface area contributed by atoms with Gasteiger partial charge in [0.1, 0.15) is 0 Å². The van der Waals surface area contributed by atoms with Crippen LogP contribution < -0.4 is 22.5 Å². The summed E-state index contributed by atoms with van der Waals surface area (Å²) in [5.41, 5.74) is 16.8. The Bertz CT molecular complexity index is 731. The summed E-state index contributed by atoms with van der Waals surface area (Å²) < 4.78 is 0. The summed E-state index contributed by atoms with van der Waals surface area (Å²) in [6, 6.07) is 0. The number of nitrogen functional groups attached to an aromatic ring is 2. The standard InChI is InChI=1S/C19H34ClN9O.3ClH/c1-2-3-5-8-28-10-12-29(13-11-28)9-6-4-7-24-19(23)27-18(30)14-16(21)26-17(22)15(20)25-14;;;/h2-13H2,1H3,(H4,21,22,26)(H3,23,24,27,30);3*1H. The Kier molecular flexibility index (Phi) is 18.6. The van der Waals surface area contributed by atoms with Crippen molar-refractivity contribution in [2.75, 3.05) is 57.3 Å². The van der Waals surface area contributed by atoms with Gasteiger partial charge in [-0.3, -0.25) is 15.1 Å². The van der Waals surface area contributed by atoms with E-state index >= 15 is 0 Å². The average molecular weight is 549 g/mol. The van der Waals surface area contributed by atoms with Gasteiger partial charge in [0.25, 0.3) is 5.91 Å². The minimum atomic E-state index is -0.625. The summed E-state index contributed by atoms with van der Waals surface area (Å²) in [5.74, 6) is -0.771. The van der Waals surface area contributed by atoms with Gasteiger partial charge in [0.15, 0.2) is 28.4 Å². The Morgan fingerprint density at radius 3 is 2.06 bits per heavy atom. The summed E-state index contributed by atoms with van der Waals surface area (Å²) in [6.45, 7) is 9.61. The van der Waals surface area contributed by atoms with E-state index in [1.54, 1.807) is 0 Å². The van der Waals surface area contributed by atoms with Gasteiger partial charge in [-0.1, -0.05) is 31.4 Å². The fraction of sp³-hybridized carbons (Fsp3) is 0.684. The van der Waals surface area contributed by atoms with Gasteiger partial charge in [-0.05, 0) is 32.4 Å². The maximum atomic E-state index is 12.2. The number of nitrogens with two attached hydrogens (primary N) is 3. The number of aliphatic imine (C=N–C) groups is 1. The number of unbranched alkanes of at least 4 members (excludes halogenated alkanes) is 3. The lowest BCUT2D eigenvalue weighted by Crippen LogP contribution is -2.46. The zero-order valence-corrected chi connectivity index (χ0v) is 22.2. The van der Waals surface area contributed by atoms with E-state index in [1.165, 1.54) is 25.8 Å². The third-order valence-electron chi connectivity index (χ3n) is 5.07. The molecule has 2 heterocycles. The summed E-state index contributed by atoms with van der Waals surface area (Å²) in [7, 11) is 0. The van der Waals surface area contributed by atoms with Crippen LogP contribution in [-0.2, 0) is 0 Å². The first-order valence-electron chi connectivity index (χ1n) is 10.5. The van der Waals surface area contributed by atoms with Gasteiger partial charge in [-0.25, -0.2) is 9.97 Å². The highest BCUT2D eigenvalue weighted by atomic mass is 35.5. The van der Waals surface area contributed by atoms with E-state index in [1.807, 2.05) is 0 Å². The molecular formula is C19H37Cl4N9O. The predicted molar refractivity (Wildman–Crippen MR) is 143 cm³/mol. The van der Waals surface area contributed by atoms with Crippen LogP contribution in [0.5, 0.6) is 0 Å². The molecule has 1 aromatic rings. The molecule has 33 heavy (non-hydrogen) atoms. The Labute approximate surface area is 219 Å². The predicted octanol–water partition coefficient (Wildman–Crippen LogP) is 2.19. The Hall–Kier alpha value is -1.30. The third kappa shape index (κ3) is 12.1. The van der Waals surface area contributed by atoms with Crippen LogP contribution in [0.1, 0.15) is 49.5 Å². The quantitative estimate of drug-likeness (QED) is 0.197. The molecule has 0 aliphatic carbocycles. The Morgan fingerprint density at radius 2 is 1.52 bits per heavy atom. The maximum Gasteiger partial charge on any atom is 0.280 e. The number of nitrogens with zero attached hydrogens (tertiary/aromatic N) is 5. The number of rotatable bonds is 10. The molecule has 0 spiro atoms. The van der Waals surface area contributed by atoms with Crippen molar-refractivity contribution in [3.8, 4) is 0 Å². The molecule has 0 unspecified atom stereocenters. The molecule has 7 N–H and O–H groups in total. The van der Waals surface area contributed by atoms with Crippen molar-refractivity contribution in [2.45, 2.75) is 39.0 Å². The topological polar surface area (TPSA) is 152 Å². The van der Waals surface area contributed by atoms with Crippen molar-refractivity contribution >= 4 is 72.3 Å². The van der Waals surface area contributed by atoms with Gasteiger partial charge >= 0.3 is 0 Å². The third-order valence-corrected chi connectivity index (χ3v) is 5.35. The van der Waals surface area contributed by atoms with E-state index in [2.05, 4.69) is 37.0 Å². The molecule has 14 heteroatoms. The summed E-state index contributed by atoms with van der Waals surface area (Å²) in [6.07, 6.45) is 5.82. The Morgan fingerprint density at radius 1 is 0.970 bits per heavy atom. The van der Waals surface area contributed by atoms with Crippen LogP contribution in [0.25, 0.3) is 0 Å². The van der Waals surface area contributed by atoms with E-state index in [-0.39, 0.29) is 65.7 Å². The van der Waals surface area contributed by atoms with Crippen molar-refractivity contribution in [2.24, 2.45) is 10.7 Å². The van der Waals surface area contributed by atoms with Crippen LogP contribution in [0, 0.1) is 0 Å². The molecule has 1 aliphatic heterocycles. The molecule has 1 aliphatic rings. The average Bonchev–Trinajstić information content (AvgIpc) is 2.71. The van der Waals surface area contributed by atoms with Crippen LogP contribution >= 0.6 is 48.8 Å². The van der Waals surface area contributed by atoms with E-state index in [9.17, 15) is 4.79 Å². The second-order valence-electron chi connectivity index (χ2n) is 7.45. The highest BCUT2D eigenvalue weighted by molar-refractivity contribution is 6.31. The molecule has 10 nitrogen and oxygen atoms in total. The fourth-order valence-electron chi connectivity index (χ4n) is 3.29. The zero-order valence-electron chi connectivity index (χ0n) is 19.0. The number of anilines is 2. The molecule has 1 amide bonds. The van der Waals surface area contributed by atoms with E-state index in [4.69, 9.17) is 28.8 Å². The SMILES string of the molecule is CCCCCN1CCN(CCCCN=C(N)NC(=O)c2nc(Cl)c(N)nc2N)CC1.Cl.Cl.Cl. The monoisotopic (exact) mass is 547 g/mol. The molecule has 1 aromatic heterocycles. The molecule has 1 fully saturated rings. The van der Waals surface area contributed by atoms with Crippen molar-refractivity contribution in [1.82, 2.24) is 25.1 Å². The number of amides is 1. The summed E-state index contributed by atoms with van der Waals surface area (Å²) >= 11 is 5.78. The molecule has 0 radical (unpaired) electrons. The van der Waals surface area contributed by atoms with E-state index < -0.39 is 5.91 Å². The van der Waals surface area contributed by atoms with Crippen LogP contribution in [0.15, 0.2) is 4.99 Å². The van der Waals surface area contributed by atoms with Gasteiger partial charge < -0.3 is 27.0 Å². The molecule has 1 saturated heterocycles.